The van der Waals surface area contributed by atoms with E-state index in [0.717, 1.165) is 16.9 Å². The first-order valence-corrected chi connectivity index (χ1v) is 8.40. The molecule has 0 aliphatic heterocycles. The number of nitrogens with one attached hydrogen (secondary N) is 1. The van der Waals surface area contributed by atoms with Gasteiger partial charge in [-0.1, -0.05) is 41.7 Å². The molecule has 1 saturated carbocycles. The Morgan fingerprint density at radius 2 is 1.96 bits per heavy atom. The van der Waals surface area contributed by atoms with Crippen LogP contribution in [0, 0.1) is 23.2 Å². The fourth-order valence-corrected chi connectivity index (χ4v) is 3.68. The molecule has 1 fully saturated rings. The number of carbonyl (C=O) groups is 2. The maximum absolute atomic E-state index is 12.3. The van der Waals surface area contributed by atoms with Crippen molar-refractivity contribution >= 4 is 28.3 Å². The molecule has 1 amide bonds. The molecule has 0 radical (unpaired) electrons. The molecule has 2 aromatic rings. The molecule has 1 aliphatic rings. The van der Waals surface area contributed by atoms with Crippen molar-refractivity contribution in [1.29, 1.82) is 5.26 Å². The van der Waals surface area contributed by atoms with E-state index in [0.29, 0.717) is 35.0 Å². The molecule has 7 heteroatoms. The van der Waals surface area contributed by atoms with Crippen molar-refractivity contribution in [3.8, 4) is 17.3 Å². The zero-order chi connectivity index (χ0) is 17.1. The quantitative estimate of drug-likeness (QED) is 0.889. The Hall–Kier alpha value is -2.72. The number of nitriles is 1. The van der Waals surface area contributed by atoms with E-state index in [1.807, 2.05) is 30.3 Å². The summed E-state index contributed by atoms with van der Waals surface area (Å²) in [4.78, 5) is 28.1. The van der Waals surface area contributed by atoms with Gasteiger partial charge in [-0.3, -0.25) is 9.59 Å². The molecule has 0 saturated heterocycles. The highest BCUT2D eigenvalue weighted by Crippen LogP contribution is 2.34. The zero-order valence-corrected chi connectivity index (χ0v) is 13.5. The molecule has 2 atom stereocenters. The fourth-order valence-electron chi connectivity index (χ4n) is 2.89. The Balaban J connectivity index is 1.75. The van der Waals surface area contributed by atoms with Crippen molar-refractivity contribution < 1.29 is 14.7 Å². The minimum Gasteiger partial charge on any atom is -0.481 e. The number of amides is 1. The number of carboxylic acids is 1. The van der Waals surface area contributed by atoms with Crippen LogP contribution in [0.15, 0.2) is 30.3 Å². The summed E-state index contributed by atoms with van der Waals surface area (Å²) >= 11 is 1.13. The molecule has 1 heterocycles. The predicted molar refractivity (Wildman–Crippen MR) is 89.4 cm³/mol. The van der Waals surface area contributed by atoms with Crippen molar-refractivity contribution in [2.45, 2.75) is 19.3 Å². The van der Waals surface area contributed by atoms with Crippen LogP contribution >= 0.6 is 11.3 Å². The van der Waals surface area contributed by atoms with Crippen molar-refractivity contribution in [2.75, 3.05) is 5.32 Å². The first-order valence-electron chi connectivity index (χ1n) is 7.58. The lowest BCUT2D eigenvalue weighted by atomic mass is 10.0. The Morgan fingerprint density at radius 1 is 1.25 bits per heavy atom. The van der Waals surface area contributed by atoms with Crippen molar-refractivity contribution in [3.05, 3.63) is 35.2 Å². The third-order valence-electron chi connectivity index (χ3n) is 4.16. The second-order valence-corrected chi connectivity index (χ2v) is 6.71. The molecular formula is C17H15N3O3S. The fraction of sp³-hybridized carbons (Fsp3) is 0.294. The van der Waals surface area contributed by atoms with Gasteiger partial charge in [0, 0.05) is 11.5 Å². The van der Waals surface area contributed by atoms with Gasteiger partial charge in [-0.25, -0.2) is 4.98 Å². The van der Waals surface area contributed by atoms with Gasteiger partial charge in [0.2, 0.25) is 5.91 Å². The van der Waals surface area contributed by atoms with Crippen molar-refractivity contribution in [1.82, 2.24) is 4.98 Å². The molecule has 1 aromatic heterocycles. The Labute approximate surface area is 142 Å². The highest BCUT2D eigenvalue weighted by atomic mass is 32.1. The van der Waals surface area contributed by atoms with Gasteiger partial charge in [0.1, 0.15) is 16.6 Å². The van der Waals surface area contributed by atoms with E-state index in [1.54, 1.807) is 0 Å². The van der Waals surface area contributed by atoms with Gasteiger partial charge >= 0.3 is 5.97 Å². The SMILES string of the molecule is N#Cc1sc(NC(=O)C2CCC(C(=O)O)C2)nc1-c1ccccc1. The minimum atomic E-state index is -0.849. The van der Waals surface area contributed by atoms with Gasteiger partial charge < -0.3 is 10.4 Å². The van der Waals surface area contributed by atoms with Crippen molar-refractivity contribution in [3.63, 3.8) is 0 Å². The maximum Gasteiger partial charge on any atom is 0.306 e. The van der Waals surface area contributed by atoms with Gasteiger partial charge in [0.25, 0.3) is 0 Å². The van der Waals surface area contributed by atoms with Crippen LogP contribution in [0.2, 0.25) is 0 Å². The third-order valence-corrected chi connectivity index (χ3v) is 5.03. The van der Waals surface area contributed by atoms with E-state index in [1.165, 1.54) is 0 Å². The smallest absolute Gasteiger partial charge is 0.306 e. The standard InChI is InChI=1S/C17H15N3O3S/c18-9-13-14(10-4-2-1-3-5-10)19-17(24-13)20-15(21)11-6-7-12(8-11)16(22)23/h1-5,11-12H,6-8H2,(H,22,23)(H,19,20,21). The zero-order valence-electron chi connectivity index (χ0n) is 12.7. The minimum absolute atomic E-state index is 0.225. The van der Waals surface area contributed by atoms with Gasteiger partial charge in [-0.05, 0) is 19.3 Å². The second-order valence-electron chi connectivity index (χ2n) is 5.71. The van der Waals surface area contributed by atoms with Crippen LogP contribution in [0.1, 0.15) is 24.1 Å². The summed E-state index contributed by atoms with van der Waals surface area (Å²) in [5.74, 6) is -1.85. The van der Waals surface area contributed by atoms with Crippen LogP contribution in [0.4, 0.5) is 5.13 Å². The first kappa shape index (κ1) is 16.1. The molecule has 1 aliphatic carbocycles. The predicted octanol–water partition coefficient (Wildman–Crippen LogP) is 3.12. The van der Waals surface area contributed by atoms with E-state index in [-0.39, 0.29) is 11.8 Å². The summed E-state index contributed by atoms with van der Waals surface area (Å²) in [6, 6.07) is 11.4. The van der Waals surface area contributed by atoms with Gasteiger partial charge in [0.05, 0.1) is 5.92 Å². The number of rotatable bonds is 4. The lowest BCUT2D eigenvalue weighted by Gasteiger charge is -2.08. The Morgan fingerprint density at radius 3 is 2.58 bits per heavy atom. The molecule has 3 rings (SSSR count). The molecular weight excluding hydrogens is 326 g/mol. The average molecular weight is 341 g/mol. The molecule has 122 valence electrons. The molecule has 1 aromatic carbocycles. The summed E-state index contributed by atoms with van der Waals surface area (Å²) < 4.78 is 0. The van der Waals surface area contributed by atoms with Gasteiger partial charge in [-0.2, -0.15) is 5.26 Å². The van der Waals surface area contributed by atoms with Crippen LogP contribution in [-0.4, -0.2) is 22.0 Å². The summed E-state index contributed by atoms with van der Waals surface area (Å²) in [7, 11) is 0. The molecule has 0 bridgehead atoms. The van der Waals surface area contributed by atoms with E-state index < -0.39 is 11.9 Å². The lowest BCUT2D eigenvalue weighted by Crippen LogP contribution is -2.21. The summed E-state index contributed by atoms with van der Waals surface area (Å²) in [6.07, 6.45) is 1.43. The van der Waals surface area contributed by atoms with E-state index in [9.17, 15) is 14.9 Å². The van der Waals surface area contributed by atoms with Gasteiger partial charge in [0.15, 0.2) is 5.13 Å². The normalized spacial score (nSPS) is 19.6. The largest absolute Gasteiger partial charge is 0.481 e. The molecule has 24 heavy (non-hydrogen) atoms. The summed E-state index contributed by atoms with van der Waals surface area (Å²) in [5, 5.41) is 21.4. The maximum atomic E-state index is 12.3. The number of hydrogen-bond acceptors (Lipinski definition) is 5. The third kappa shape index (κ3) is 3.29. The van der Waals surface area contributed by atoms with Gasteiger partial charge in [-0.15, -0.1) is 0 Å². The first-order chi connectivity index (χ1) is 11.6. The Kier molecular flexibility index (Phi) is 4.58. The van der Waals surface area contributed by atoms with Crippen LogP contribution in [0.3, 0.4) is 0 Å². The summed E-state index contributed by atoms with van der Waals surface area (Å²) in [6.45, 7) is 0. The molecule has 6 nitrogen and oxygen atoms in total. The number of nitrogens with zero attached hydrogens (tertiary/aromatic N) is 2. The number of aliphatic carboxylic acids is 1. The topological polar surface area (TPSA) is 103 Å². The number of aromatic nitrogens is 1. The van der Waals surface area contributed by atoms with E-state index in [4.69, 9.17) is 5.11 Å². The highest BCUT2D eigenvalue weighted by Gasteiger charge is 2.34. The van der Waals surface area contributed by atoms with Crippen molar-refractivity contribution in [2.24, 2.45) is 11.8 Å². The Bertz CT molecular complexity index is 810. The molecule has 2 N–H and O–H groups in total. The number of benzene rings is 1. The monoisotopic (exact) mass is 341 g/mol. The molecule has 0 spiro atoms. The average Bonchev–Trinajstić information content (AvgIpc) is 3.22. The lowest BCUT2D eigenvalue weighted by molar-refractivity contribution is -0.141. The number of hydrogen-bond donors (Lipinski definition) is 2. The van der Waals surface area contributed by atoms with Crippen LogP contribution in [-0.2, 0) is 9.59 Å². The number of thiazole rings is 1. The van der Waals surface area contributed by atoms with Crippen LogP contribution < -0.4 is 5.32 Å². The number of anilines is 1. The highest BCUT2D eigenvalue weighted by molar-refractivity contribution is 7.16. The number of carboxylic acid groups (broad SMARTS) is 1. The molecule has 2 unspecified atom stereocenters. The van der Waals surface area contributed by atoms with Crippen LogP contribution in [0.5, 0.6) is 0 Å². The summed E-state index contributed by atoms with van der Waals surface area (Å²) in [5.41, 5.74) is 1.37. The van der Waals surface area contributed by atoms with E-state index in [2.05, 4.69) is 16.4 Å². The number of carbonyl (C=O) groups excluding carboxylic acids is 1. The second kappa shape index (κ2) is 6.81. The van der Waals surface area contributed by atoms with Crippen LogP contribution in [0.25, 0.3) is 11.3 Å². The van der Waals surface area contributed by atoms with E-state index >= 15 is 0 Å².